The number of allylic oxidation sites excluding steroid dienone is 1. The largest absolute Gasteiger partial charge is 0.487 e. The summed E-state index contributed by atoms with van der Waals surface area (Å²) in [5.74, 6) is 0.856. The van der Waals surface area contributed by atoms with Crippen LogP contribution in [0.15, 0.2) is 59.1 Å². The third kappa shape index (κ3) is 1.98. The van der Waals surface area contributed by atoms with E-state index in [1.54, 1.807) is 0 Å². The van der Waals surface area contributed by atoms with Crippen molar-refractivity contribution in [3.05, 3.63) is 75.2 Å². The summed E-state index contributed by atoms with van der Waals surface area (Å²) in [5, 5.41) is 3.35. The Balaban J connectivity index is 1.87. The van der Waals surface area contributed by atoms with Crippen molar-refractivity contribution in [3.8, 4) is 0 Å². The lowest BCUT2D eigenvalue weighted by molar-refractivity contribution is -0.542. The molecule has 3 heterocycles. The van der Waals surface area contributed by atoms with Gasteiger partial charge in [-0.3, -0.25) is 0 Å². The van der Waals surface area contributed by atoms with E-state index in [1.807, 2.05) is 24.3 Å². The highest BCUT2D eigenvalue weighted by Crippen LogP contribution is 2.41. The first-order valence-corrected chi connectivity index (χ1v) is 7.79. The fourth-order valence-corrected chi connectivity index (χ4v) is 3.37. The zero-order valence-electron chi connectivity index (χ0n) is 12.6. The minimum atomic E-state index is -0.314. The van der Waals surface area contributed by atoms with E-state index in [-0.39, 0.29) is 6.04 Å². The second-order valence-electron chi connectivity index (χ2n) is 5.99. The highest BCUT2D eigenvalue weighted by molar-refractivity contribution is 5.46. The second kappa shape index (κ2) is 5.13. The molecule has 0 radical (unpaired) electrons. The predicted molar refractivity (Wildman–Crippen MR) is 83.9 cm³/mol. The topological polar surface area (TPSA) is 41.3 Å². The van der Waals surface area contributed by atoms with Crippen LogP contribution in [-0.4, -0.2) is 17.9 Å². The first-order valence-electron chi connectivity index (χ1n) is 7.79. The van der Waals surface area contributed by atoms with Crippen molar-refractivity contribution in [2.75, 3.05) is 13.2 Å². The zero-order valence-corrected chi connectivity index (χ0v) is 12.6. The van der Waals surface area contributed by atoms with E-state index in [1.165, 1.54) is 10.3 Å². The molecule has 112 valence electrons. The maximum Gasteiger partial charge on any atom is 0.261 e. The van der Waals surface area contributed by atoms with Crippen molar-refractivity contribution < 1.29 is 9.50 Å². The monoisotopic (exact) mass is 295 g/mol. The summed E-state index contributed by atoms with van der Waals surface area (Å²) in [4.78, 5) is 13.0. The molecule has 1 N–H and O–H groups in total. The molecule has 0 aliphatic carbocycles. The van der Waals surface area contributed by atoms with E-state index >= 15 is 0 Å². The number of rotatable bonds is 1. The number of nitroso groups, excluding NO2 is 1. The van der Waals surface area contributed by atoms with Gasteiger partial charge in [-0.2, -0.15) is 0 Å². The predicted octanol–water partition coefficient (Wildman–Crippen LogP) is 3.26. The number of nitrogens with one attached hydrogen (secondary N) is 1. The molecule has 0 bridgehead atoms. The maximum absolute atomic E-state index is 13.0. The fraction of sp³-hybridized carbons (Fsp3) is 0.333. The molecular formula is C18H19N2O2+. The summed E-state index contributed by atoms with van der Waals surface area (Å²) in [6, 6.07) is 7.88. The summed E-state index contributed by atoms with van der Waals surface area (Å²) in [6.45, 7) is 3.52. The average molecular weight is 295 g/mol. The molecule has 0 saturated heterocycles. The van der Waals surface area contributed by atoms with Gasteiger partial charge >= 0.3 is 0 Å². The smallest absolute Gasteiger partial charge is 0.261 e. The quantitative estimate of drug-likeness (QED) is 0.809. The zero-order chi connectivity index (χ0) is 15.1. The Morgan fingerprint density at radius 3 is 2.91 bits per heavy atom. The molecule has 3 aliphatic heterocycles. The minimum absolute atomic E-state index is 0.314. The number of benzene rings is 1. The number of hydrogen-bond acceptors (Lipinski definition) is 3. The van der Waals surface area contributed by atoms with Crippen LogP contribution in [0.25, 0.3) is 0 Å². The van der Waals surface area contributed by atoms with Gasteiger partial charge in [0, 0.05) is 28.2 Å². The van der Waals surface area contributed by atoms with E-state index < -0.39 is 0 Å². The molecule has 1 atom stereocenters. The Kier molecular flexibility index (Phi) is 3.10. The molecule has 0 amide bonds. The molecule has 4 rings (SSSR count). The highest BCUT2D eigenvalue weighted by atomic mass is 16.5. The van der Waals surface area contributed by atoms with Crippen LogP contribution in [0, 0.1) is 11.8 Å². The Bertz CT molecular complexity index is 726. The van der Waals surface area contributed by atoms with Crippen LogP contribution in [0.4, 0.5) is 0 Å². The van der Waals surface area contributed by atoms with Crippen molar-refractivity contribution in [3.63, 3.8) is 0 Å². The highest BCUT2D eigenvalue weighted by Gasteiger charge is 2.45. The molecule has 3 aliphatic rings. The molecule has 22 heavy (non-hydrogen) atoms. The second-order valence-corrected chi connectivity index (χ2v) is 5.99. The minimum Gasteiger partial charge on any atom is -0.487 e. The van der Waals surface area contributed by atoms with Gasteiger partial charge in [-0.05, 0) is 25.5 Å². The van der Waals surface area contributed by atoms with Gasteiger partial charge in [0.25, 0.3) is 11.7 Å². The first-order chi connectivity index (χ1) is 10.8. The van der Waals surface area contributed by atoms with Crippen LogP contribution in [0.2, 0.25) is 0 Å². The van der Waals surface area contributed by atoms with Crippen LogP contribution < -0.4 is 5.32 Å². The molecule has 4 heteroatoms. The third-order valence-electron chi connectivity index (χ3n) is 4.48. The van der Waals surface area contributed by atoms with Crippen molar-refractivity contribution in [1.29, 1.82) is 0 Å². The molecule has 0 fully saturated rings. The number of fused-ring (bicyclic) bond motifs is 1. The van der Waals surface area contributed by atoms with Gasteiger partial charge in [-0.15, -0.1) is 0 Å². The van der Waals surface area contributed by atoms with Crippen molar-refractivity contribution in [1.82, 2.24) is 5.32 Å². The summed E-state index contributed by atoms with van der Waals surface area (Å²) in [6.07, 6.45) is 5.80. The van der Waals surface area contributed by atoms with Crippen molar-refractivity contribution >= 4 is 0 Å². The van der Waals surface area contributed by atoms with E-state index in [9.17, 15) is 4.91 Å². The molecular weight excluding hydrogens is 276 g/mol. The SMILES string of the molecule is Cc1ccc(C2C3=C(OCC=C3)C3=C(CCCN3)[N+]2=O)cc1. The summed E-state index contributed by atoms with van der Waals surface area (Å²) in [5.41, 5.74) is 4.88. The van der Waals surface area contributed by atoms with Crippen LogP contribution in [0.5, 0.6) is 0 Å². The summed E-state index contributed by atoms with van der Waals surface area (Å²) >= 11 is 0. The number of ether oxygens (including phenoxy) is 1. The van der Waals surface area contributed by atoms with E-state index in [0.717, 1.165) is 47.7 Å². The van der Waals surface area contributed by atoms with Gasteiger partial charge in [-0.1, -0.05) is 29.8 Å². The Hall–Kier alpha value is -2.36. The average Bonchev–Trinajstić information content (AvgIpc) is 2.57. The van der Waals surface area contributed by atoms with Crippen LogP contribution in [0.1, 0.15) is 30.0 Å². The molecule has 1 aromatic rings. The van der Waals surface area contributed by atoms with E-state index in [4.69, 9.17) is 4.74 Å². The van der Waals surface area contributed by atoms with Crippen LogP contribution in [0.3, 0.4) is 0 Å². The molecule has 4 nitrogen and oxygen atoms in total. The Morgan fingerprint density at radius 1 is 1.27 bits per heavy atom. The number of aryl methyl sites for hydroxylation is 1. The van der Waals surface area contributed by atoms with Crippen LogP contribution in [-0.2, 0) is 4.74 Å². The van der Waals surface area contributed by atoms with E-state index in [2.05, 4.69) is 24.4 Å². The number of nitrogens with zero attached hydrogens (tertiary/aromatic N) is 1. The lowest BCUT2D eigenvalue weighted by atomic mass is 9.89. The normalized spacial score (nSPS) is 23.7. The van der Waals surface area contributed by atoms with Gasteiger partial charge < -0.3 is 10.1 Å². The van der Waals surface area contributed by atoms with Crippen LogP contribution >= 0.6 is 0 Å². The lowest BCUT2D eigenvalue weighted by Crippen LogP contribution is -2.35. The number of hydrogen-bond donors (Lipinski definition) is 1. The first kappa shape index (κ1) is 13.3. The van der Waals surface area contributed by atoms with Gasteiger partial charge in [0.1, 0.15) is 12.3 Å². The van der Waals surface area contributed by atoms with E-state index in [0.29, 0.717) is 6.61 Å². The van der Waals surface area contributed by atoms with Gasteiger partial charge in [0.15, 0.2) is 5.76 Å². The standard InChI is InChI=1S/C18H19N2O2/c1-12-6-8-13(9-7-12)17-14-4-3-11-22-18(14)16-15(20(17)21)5-2-10-19-16/h3-4,6-9,17,19H,2,5,10-11H2,1H3/q+1. The molecule has 1 aromatic carbocycles. The summed E-state index contributed by atoms with van der Waals surface area (Å²) in [7, 11) is 0. The summed E-state index contributed by atoms with van der Waals surface area (Å²) < 4.78 is 7.05. The molecule has 1 unspecified atom stereocenters. The fourth-order valence-electron chi connectivity index (χ4n) is 3.37. The molecule has 0 spiro atoms. The molecule has 0 aromatic heterocycles. The molecule has 0 saturated carbocycles. The van der Waals surface area contributed by atoms with Gasteiger partial charge in [-0.25, -0.2) is 0 Å². The Labute approximate surface area is 129 Å². The lowest BCUT2D eigenvalue weighted by Gasteiger charge is -2.29. The Morgan fingerprint density at radius 2 is 2.09 bits per heavy atom. The maximum atomic E-state index is 13.0. The van der Waals surface area contributed by atoms with Crippen molar-refractivity contribution in [2.24, 2.45) is 0 Å². The van der Waals surface area contributed by atoms with Gasteiger partial charge in [0.05, 0.1) is 5.57 Å². The van der Waals surface area contributed by atoms with Gasteiger partial charge in [0.2, 0.25) is 0 Å². The van der Waals surface area contributed by atoms with Crippen molar-refractivity contribution in [2.45, 2.75) is 25.8 Å². The third-order valence-corrected chi connectivity index (χ3v) is 4.48.